The molecule has 11 heteroatoms. The van der Waals surface area contributed by atoms with Gasteiger partial charge in [0.1, 0.15) is 5.76 Å². The lowest BCUT2D eigenvalue weighted by Gasteiger charge is -2.34. The molecule has 38 heavy (non-hydrogen) atoms. The van der Waals surface area contributed by atoms with Gasteiger partial charge in [-0.2, -0.15) is 4.31 Å². The van der Waals surface area contributed by atoms with E-state index in [1.165, 1.54) is 38.4 Å². The maximum absolute atomic E-state index is 13.9. The van der Waals surface area contributed by atoms with Gasteiger partial charge in [-0.15, -0.1) is 0 Å². The largest absolute Gasteiger partial charge is 0.507 e. The van der Waals surface area contributed by atoms with E-state index in [4.69, 9.17) is 0 Å². The van der Waals surface area contributed by atoms with Gasteiger partial charge in [0.2, 0.25) is 10.0 Å². The Bertz CT molecular complexity index is 1460. The Kier molecular flexibility index (Phi) is 6.41. The number of aliphatic hydroxyl groups is 1. The highest BCUT2D eigenvalue weighted by Gasteiger charge is 2.66. The van der Waals surface area contributed by atoms with Crippen LogP contribution in [0.1, 0.15) is 24.0 Å². The van der Waals surface area contributed by atoms with Crippen molar-refractivity contribution in [2.45, 2.75) is 23.3 Å². The van der Waals surface area contributed by atoms with Gasteiger partial charge in [-0.3, -0.25) is 14.4 Å². The van der Waals surface area contributed by atoms with Gasteiger partial charge >= 0.3 is 0 Å². The number of carbonyl (C=O) groups excluding carboxylic acids is 3. The molecule has 2 aromatic carbocycles. The number of sulfonamides is 1. The zero-order chi connectivity index (χ0) is 27.4. The molecule has 0 radical (unpaired) electrons. The molecule has 1 spiro atoms. The smallest absolute Gasteiger partial charge is 0.296 e. The van der Waals surface area contributed by atoms with E-state index < -0.39 is 38.9 Å². The Balaban J connectivity index is 1.67. The first kappa shape index (κ1) is 26.1. The number of ketones is 1. The molecule has 1 N–H and O–H groups in total. The molecule has 200 valence electrons. The van der Waals surface area contributed by atoms with Crippen LogP contribution in [0.2, 0.25) is 0 Å². The molecule has 2 aromatic rings. The predicted octanol–water partition coefficient (Wildman–Crippen LogP) is 1.59. The molecule has 0 aromatic heterocycles. The van der Waals surface area contributed by atoms with Crippen LogP contribution >= 0.6 is 0 Å². The number of likely N-dealkylation sites (N-methyl/N-ethyl adjacent to an activating group) is 2. The lowest BCUT2D eigenvalue weighted by atomic mass is 9.82. The summed E-state index contributed by atoms with van der Waals surface area (Å²) in [5.41, 5.74) is -1.05. The molecule has 2 fully saturated rings. The van der Waals surface area contributed by atoms with Crippen LogP contribution in [0.15, 0.2) is 59.0 Å². The third-order valence-corrected chi connectivity index (χ3v) is 9.45. The Morgan fingerprint density at radius 1 is 1.00 bits per heavy atom. The summed E-state index contributed by atoms with van der Waals surface area (Å²) in [5, 5.41) is 11.5. The van der Waals surface area contributed by atoms with Crippen LogP contribution in [0.25, 0.3) is 5.76 Å². The number of Topliss-reactive ketones (excluding diaryl/α,β-unsaturated/α-hetero) is 1. The van der Waals surface area contributed by atoms with E-state index in [0.29, 0.717) is 30.9 Å². The van der Waals surface area contributed by atoms with Crippen LogP contribution in [0.5, 0.6) is 0 Å². The zero-order valence-corrected chi connectivity index (χ0v) is 22.4. The van der Waals surface area contributed by atoms with Gasteiger partial charge < -0.3 is 19.8 Å². The van der Waals surface area contributed by atoms with Crippen LogP contribution in [0, 0.1) is 0 Å². The number of nitrogens with zero attached hydrogens (tertiary/aromatic N) is 4. The summed E-state index contributed by atoms with van der Waals surface area (Å²) < 4.78 is 27.3. The zero-order valence-electron chi connectivity index (χ0n) is 21.5. The number of aliphatic hydroxyl groups excluding tert-OH is 1. The summed E-state index contributed by atoms with van der Waals surface area (Å²) in [6.45, 7) is 1.37. The minimum Gasteiger partial charge on any atom is -0.507 e. The van der Waals surface area contributed by atoms with Crippen LogP contribution in [-0.2, 0) is 29.9 Å². The topological polar surface area (TPSA) is 119 Å². The number of para-hydroxylation sites is 1. The average molecular weight is 539 g/mol. The van der Waals surface area contributed by atoms with E-state index in [9.17, 15) is 27.9 Å². The molecule has 0 bridgehead atoms. The predicted molar refractivity (Wildman–Crippen MR) is 141 cm³/mol. The molecule has 0 aliphatic carbocycles. The first-order chi connectivity index (χ1) is 18.0. The number of likely N-dealkylation sites (tertiary alicyclic amines) is 1. The Hall–Kier alpha value is -3.54. The third-order valence-electron chi connectivity index (χ3n) is 7.54. The average Bonchev–Trinajstić information content (AvgIpc) is 3.58. The monoisotopic (exact) mass is 538 g/mol. The number of anilines is 1. The van der Waals surface area contributed by atoms with Crippen molar-refractivity contribution < 1.29 is 27.9 Å². The minimum atomic E-state index is -3.68. The van der Waals surface area contributed by atoms with E-state index in [1.54, 1.807) is 31.3 Å². The fourth-order valence-corrected chi connectivity index (χ4v) is 7.09. The molecule has 3 aliphatic rings. The number of benzene rings is 2. The van der Waals surface area contributed by atoms with Crippen molar-refractivity contribution in [1.29, 1.82) is 0 Å². The number of hydrogen-bond donors (Lipinski definition) is 1. The summed E-state index contributed by atoms with van der Waals surface area (Å²) in [6.07, 6.45) is 1.60. The van der Waals surface area contributed by atoms with E-state index in [0.717, 1.165) is 12.8 Å². The molecule has 3 aliphatic heterocycles. The van der Waals surface area contributed by atoms with Crippen molar-refractivity contribution in [3.63, 3.8) is 0 Å². The lowest BCUT2D eigenvalue weighted by Crippen LogP contribution is -2.52. The van der Waals surface area contributed by atoms with Gasteiger partial charge in [0, 0.05) is 50.0 Å². The van der Waals surface area contributed by atoms with E-state index in [2.05, 4.69) is 0 Å². The van der Waals surface area contributed by atoms with Crippen LogP contribution in [0.4, 0.5) is 5.69 Å². The highest BCUT2D eigenvalue weighted by Crippen LogP contribution is 2.53. The minimum absolute atomic E-state index is 0.0686. The highest BCUT2D eigenvalue weighted by atomic mass is 32.2. The molecule has 3 heterocycles. The standard InChI is InChI=1S/C27H30N4O6S/c1-28(2)16-17-31-25(34)24(33)22(27(31)20-8-4-5-9-21(20)29(3)26(27)35)23(32)18-10-12-19(13-11-18)38(36,37)30-14-6-7-15-30/h4-5,8-13,32H,6-7,14-17H2,1-3H3/t27-/m0/s1. The summed E-state index contributed by atoms with van der Waals surface area (Å²) >= 11 is 0. The van der Waals surface area contributed by atoms with Crippen molar-refractivity contribution in [2.75, 3.05) is 52.2 Å². The second-order valence-corrected chi connectivity index (χ2v) is 12.0. The van der Waals surface area contributed by atoms with Gasteiger partial charge in [0.25, 0.3) is 17.6 Å². The van der Waals surface area contributed by atoms with Gasteiger partial charge in [-0.05, 0) is 57.3 Å². The van der Waals surface area contributed by atoms with Crippen molar-refractivity contribution >= 4 is 39.1 Å². The van der Waals surface area contributed by atoms with Crippen molar-refractivity contribution in [3.8, 4) is 0 Å². The summed E-state index contributed by atoms with van der Waals surface area (Å²) in [7, 11) is 1.52. The number of carbonyl (C=O) groups is 3. The molecular weight excluding hydrogens is 508 g/mol. The van der Waals surface area contributed by atoms with E-state index >= 15 is 0 Å². The maximum Gasteiger partial charge on any atom is 0.296 e. The van der Waals surface area contributed by atoms with E-state index in [1.807, 2.05) is 19.0 Å². The SMILES string of the molecule is CN(C)CCN1C(=O)C(=O)C(=C(O)c2ccc(S(=O)(=O)N3CCCC3)cc2)[C@@]12C(=O)N(C)c1ccccc12. The quantitative estimate of drug-likeness (QED) is 0.337. The summed E-state index contributed by atoms with van der Waals surface area (Å²) in [5.74, 6) is -2.89. The fraction of sp³-hybridized carbons (Fsp3) is 0.370. The molecular formula is C27H30N4O6S. The maximum atomic E-state index is 13.9. The molecule has 1 atom stereocenters. The summed E-state index contributed by atoms with van der Waals surface area (Å²) in [4.78, 5) is 45.4. The fourth-order valence-electron chi connectivity index (χ4n) is 5.58. The molecule has 0 unspecified atom stereocenters. The normalized spacial score (nSPS) is 23.3. The number of fused-ring (bicyclic) bond motifs is 2. The van der Waals surface area contributed by atoms with E-state index in [-0.39, 0.29) is 22.6 Å². The van der Waals surface area contributed by atoms with Crippen LogP contribution in [-0.4, -0.2) is 92.5 Å². The van der Waals surface area contributed by atoms with Crippen LogP contribution in [0.3, 0.4) is 0 Å². The highest BCUT2D eigenvalue weighted by molar-refractivity contribution is 7.89. The third kappa shape index (κ3) is 3.68. The van der Waals surface area contributed by atoms with Crippen molar-refractivity contribution in [1.82, 2.24) is 14.1 Å². The molecule has 5 rings (SSSR count). The lowest BCUT2D eigenvalue weighted by molar-refractivity contribution is -0.143. The number of rotatable bonds is 6. The molecule has 2 amide bonds. The Morgan fingerprint density at radius 3 is 2.26 bits per heavy atom. The number of amides is 2. The van der Waals surface area contributed by atoms with Crippen molar-refractivity contribution in [3.05, 3.63) is 65.2 Å². The molecule has 10 nitrogen and oxygen atoms in total. The van der Waals surface area contributed by atoms with Gasteiger partial charge in [0.15, 0.2) is 5.54 Å². The number of hydrogen-bond acceptors (Lipinski definition) is 7. The summed E-state index contributed by atoms with van der Waals surface area (Å²) in [6, 6.07) is 12.4. The second-order valence-electron chi connectivity index (χ2n) is 10.0. The molecule has 2 saturated heterocycles. The first-order valence-corrected chi connectivity index (χ1v) is 13.9. The van der Waals surface area contributed by atoms with Gasteiger partial charge in [0.05, 0.1) is 10.5 Å². The van der Waals surface area contributed by atoms with Gasteiger partial charge in [-0.1, -0.05) is 18.2 Å². The van der Waals surface area contributed by atoms with Crippen molar-refractivity contribution in [2.24, 2.45) is 0 Å². The first-order valence-electron chi connectivity index (χ1n) is 12.5. The Labute approximate surface area is 221 Å². The van der Waals surface area contributed by atoms with Gasteiger partial charge in [-0.25, -0.2) is 8.42 Å². The second kappa shape index (κ2) is 9.33. The molecule has 0 saturated carbocycles. The van der Waals surface area contributed by atoms with Crippen LogP contribution < -0.4 is 4.90 Å². The Morgan fingerprint density at radius 2 is 1.63 bits per heavy atom.